The highest BCUT2D eigenvalue weighted by atomic mass is 16.5. The fraction of sp³-hybridized carbons (Fsp3) is 1.00. The van der Waals surface area contributed by atoms with Crippen LogP contribution >= 0.6 is 0 Å². The lowest BCUT2D eigenvalue weighted by Crippen LogP contribution is -2.50. The number of hydrogen-bond donors (Lipinski definition) is 1. The molecule has 1 saturated heterocycles. The maximum absolute atomic E-state index is 5.48. The summed E-state index contributed by atoms with van der Waals surface area (Å²) in [6, 6.07) is 1.31. The molecule has 0 spiro atoms. The Balaban J connectivity index is 2.32. The van der Waals surface area contributed by atoms with Crippen LogP contribution in [0.25, 0.3) is 0 Å². The van der Waals surface area contributed by atoms with Crippen molar-refractivity contribution < 1.29 is 9.47 Å². The lowest BCUT2D eigenvalue weighted by atomic mass is 10.0. The number of ether oxygens (including phenoxy) is 2. The Labute approximate surface area is 112 Å². The van der Waals surface area contributed by atoms with E-state index in [2.05, 4.69) is 17.1 Å². The smallest absolute Gasteiger partial charge is 0.0593 e. The van der Waals surface area contributed by atoms with Gasteiger partial charge in [0.25, 0.3) is 0 Å². The van der Waals surface area contributed by atoms with Crippen LogP contribution in [0.1, 0.15) is 33.6 Å². The molecule has 4 heteroatoms. The van der Waals surface area contributed by atoms with Crippen molar-refractivity contribution in [2.24, 2.45) is 0 Å². The number of nitrogens with zero attached hydrogens (tertiary/aromatic N) is 1. The van der Waals surface area contributed by atoms with Crippen LogP contribution in [0.4, 0.5) is 0 Å². The minimum Gasteiger partial charge on any atom is -0.380 e. The van der Waals surface area contributed by atoms with Crippen molar-refractivity contribution in [1.29, 1.82) is 0 Å². The van der Waals surface area contributed by atoms with Gasteiger partial charge in [-0.25, -0.2) is 0 Å². The van der Waals surface area contributed by atoms with Gasteiger partial charge in [-0.3, -0.25) is 4.90 Å². The van der Waals surface area contributed by atoms with Gasteiger partial charge in [-0.05, 0) is 33.6 Å². The summed E-state index contributed by atoms with van der Waals surface area (Å²) in [6.07, 6.45) is 2.55. The van der Waals surface area contributed by atoms with Gasteiger partial charge in [0, 0.05) is 44.9 Å². The van der Waals surface area contributed by atoms with Gasteiger partial charge in [0.1, 0.15) is 0 Å². The van der Waals surface area contributed by atoms with Crippen molar-refractivity contribution in [3.63, 3.8) is 0 Å². The maximum atomic E-state index is 5.48. The third kappa shape index (κ3) is 6.14. The Bertz CT molecular complexity index is 184. The Hall–Kier alpha value is -0.160. The van der Waals surface area contributed by atoms with Crippen LogP contribution in [-0.2, 0) is 9.47 Å². The van der Waals surface area contributed by atoms with Gasteiger partial charge in [0.05, 0.1) is 13.2 Å². The predicted molar refractivity (Wildman–Crippen MR) is 75.0 cm³/mol. The molecule has 0 aromatic rings. The quantitative estimate of drug-likeness (QED) is 0.636. The zero-order valence-electron chi connectivity index (χ0n) is 12.3. The van der Waals surface area contributed by atoms with Crippen LogP contribution in [0.3, 0.4) is 0 Å². The van der Waals surface area contributed by atoms with Crippen LogP contribution in [0.5, 0.6) is 0 Å². The van der Waals surface area contributed by atoms with Gasteiger partial charge in [-0.2, -0.15) is 0 Å². The first-order valence-electron chi connectivity index (χ1n) is 7.40. The molecule has 0 amide bonds. The van der Waals surface area contributed by atoms with Gasteiger partial charge < -0.3 is 14.8 Å². The molecule has 1 fully saturated rings. The molecule has 0 aromatic heterocycles. The van der Waals surface area contributed by atoms with Crippen LogP contribution in [0.15, 0.2) is 0 Å². The van der Waals surface area contributed by atoms with E-state index in [1.807, 2.05) is 13.8 Å². The number of hydrogen-bond acceptors (Lipinski definition) is 4. The number of piperidine rings is 1. The van der Waals surface area contributed by atoms with Crippen molar-refractivity contribution >= 4 is 0 Å². The third-order valence-electron chi connectivity index (χ3n) is 3.61. The molecule has 2 atom stereocenters. The molecule has 2 unspecified atom stereocenters. The van der Waals surface area contributed by atoms with E-state index in [1.165, 1.54) is 12.8 Å². The van der Waals surface area contributed by atoms with Crippen LogP contribution in [0.2, 0.25) is 0 Å². The zero-order chi connectivity index (χ0) is 13.2. The van der Waals surface area contributed by atoms with Gasteiger partial charge >= 0.3 is 0 Å². The summed E-state index contributed by atoms with van der Waals surface area (Å²) in [5.74, 6) is 0. The number of nitrogens with one attached hydrogen (secondary N) is 1. The molecule has 18 heavy (non-hydrogen) atoms. The molecule has 1 rings (SSSR count). The molecule has 108 valence electrons. The van der Waals surface area contributed by atoms with Crippen LogP contribution in [-0.4, -0.2) is 63.0 Å². The van der Waals surface area contributed by atoms with E-state index in [4.69, 9.17) is 9.47 Å². The Morgan fingerprint density at radius 2 is 1.67 bits per heavy atom. The van der Waals surface area contributed by atoms with E-state index in [-0.39, 0.29) is 0 Å². The second kappa shape index (κ2) is 9.73. The summed E-state index contributed by atoms with van der Waals surface area (Å²) < 4.78 is 11.0. The first kappa shape index (κ1) is 15.9. The molecule has 0 aromatic carbocycles. The second-order valence-corrected chi connectivity index (χ2v) is 4.97. The van der Waals surface area contributed by atoms with Crippen molar-refractivity contribution in [3.05, 3.63) is 0 Å². The molecule has 0 aliphatic carbocycles. The summed E-state index contributed by atoms with van der Waals surface area (Å²) in [5, 5.41) is 3.57. The van der Waals surface area contributed by atoms with Gasteiger partial charge in [-0.15, -0.1) is 0 Å². The normalized spacial score (nSPS) is 24.7. The first-order valence-corrected chi connectivity index (χ1v) is 7.40. The van der Waals surface area contributed by atoms with E-state index in [0.29, 0.717) is 12.1 Å². The minimum absolute atomic E-state index is 0.641. The summed E-state index contributed by atoms with van der Waals surface area (Å²) in [5.41, 5.74) is 0. The lowest BCUT2D eigenvalue weighted by molar-refractivity contribution is 0.0538. The third-order valence-corrected chi connectivity index (χ3v) is 3.61. The molecule has 1 aliphatic rings. The molecule has 0 bridgehead atoms. The highest BCUT2D eigenvalue weighted by molar-refractivity contribution is 4.82. The fourth-order valence-corrected chi connectivity index (χ4v) is 2.42. The lowest BCUT2D eigenvalue weighted by Gasteiger charge is -2.36. The topological polar surface area (TPSA) is 33.7 Å². The average molecular weight is 258 g/mol. The molecule has 0 radical (unpaired) electrons. The zero-order valence-corrected chi connectivity index (χ0v) is 12.3. The molecule has 1 N–H and O–H groups in total. The second-order valence-electron chi connectivity index (χ2n) is 4.97. The Morgan fingerprint density at radius 3 is 2.11 bits per heavy atom. The van der Waals surface area contributed by atoms with Crippen LogP contribution in [0, 0.1) is 0 Å². The van der Waals surface area contributed by atoms with Gasteiger partial charge in [0.2, 0.25) is 0 Å². The monoisotopic (exact) mass is 258 g/mol. The molecule has 0 saturated carbocycles. The van der Waals surface area contributed by atoms with E-state index < -0.39 is 0 Å². The van der Waals surface area contributed by atoms with E-state index in [1.54, 1.807) is 0 Å². The van der Waals surface area contributed by atoms with E-state index >= 15 is 0 Å². The average Bonchev–Trinajstić information content (AvgIpc) is 2.38. The first-order chi connectivity index (χ1) is 8.77. The SMILES string of the molecule is CCOCCN(CCOCC)C1CCC(C)NC1. The van der Waals surface area contributed by atoms with Crippen molar-refractivity contribution in [3.8, 4) is 0 Å². The predicted octanol–water partition coefficient (Wildman–Crippen LogP) is 1.50. The maximum Gasteiger partial charge on any atom is 0.0593 e. The summed E-state index contributed by atoms with van der Waals surface area (Å²) in [6.45, 7) is 12.8. The summed E-state index contributed by atoms with van der Waals surface area (Å²) in [7, 11) is 0. The minimum atomic E-state index is 0.641. The van der Waals surface area contributed by atoms with Crippen molar-refractivity contribution in [1.82, 2.24) is 10.2 Å². The molecular weight excluding hydrogens is 228 g/mol. The van der Waals surface area contributed by atoms with Gasteiger partial charge in [-0.1, -0.05) is 0 Å². The van der Waals surface area contributed by atoms with Crippen LogP contribution < -0.4 is 5.32 Å². The molecular formula is C14H30N2O2. The highest BCUT2D eigenvalue weighted by Gasteiger charge is 2.23. The molecule has 1 aliphatic heterocycles. The molecule has 4 nitrogen and oxygen atoms in total. The summed E-state index contributed by atoms with van der Waals surface area (Å²) in [4.78, 5) is 2.52. The van der Waals surface area contributed by atoms with Crippen molar-refractivity contribution in [2.75, 3.05) is 46.1 Å². The number of rotatable bonds is 9. The Kier molecular flexibility index (Phi) is 8.59. The standard InChI is InChI=1S/C14H30N2O2/c1-4-17-10-8-16(9-11-18-5-2)14-7-6-13(3)15-12-14/h13-15H,4-12H2,1-3H3. The largest absolute Gasteiger partial charge is 0.380 e. The van der Waals surface area contributed by atoms with Crippen molar-refractivity contribution in [2.45, 2.75) is 45.7 Å². The summed E-state index contributed by atoms with van der Waals surface area (Å²) >= 11 is 0. The molecule has 1 heterocycles. The van der Waals surface area contributed by atoms with Gasteiger partial charge in [0.15, 0.2) is 0 Å². The highest BCUT2D eigenvalue weighted by Crippen LogP contribution is 2.13. The Morgan fingerprint density at radius 1 is 1.06 bits per heavy atom. The fourth-order valence-electron chi connectivity index (χ4n) is 2.42. The van der Waals surface area contributed by atoms with E-state index in [0.717, 1.165) is 46.1 Å². The van der Waals surface area contributed by atoms with E-state index in [9.17, 15) is 0 Å².